The van der Waals surface area contributed by atoms with Crippen LogP contribution >= 0.6 is 11.3 Å². The fraction of sp³-hybridized carbons (Fsp3) is 0.353. The van der Waals surface area contributed by atoms with Crippen molar-refractivity contribution in [1.82, 2.24) is 29.8 Å². The first kappa shape index (κ1) is 16.6. The SMILES string of the molecule is Cc1nc(-c2ncc(C(=O)NCC3(Cn4ccnc4)CC3)c(=O)[nH]2)cs1. The van der Waals surface area contributed by atoms with Crippen LogP contribution in [0.25, 0.3) is 11.5 Å². The Morgan fingerprint density at radius 3 is 2.92 bits per heavy atom. The molecule has 0 atom stereocenters. The molecule has 2 N–H and O–H groups in total. The van der Waals surface area contributed by atoms with Crippen LogP contribution in [0.15, 0.2) is 35.1 Å². The predicted octanol–water partition coefficient (Wildman–Crippen LogP) is 1.61. The number of aromatic amines is 1. The van der Waals surface area contributed by atoms with Crippen LogP contribution in [0, 0.1) is 12.3 Å². The Labute approximate surface area is 153 Å². The van der Waals surface area contributed by atoms with Crippen molar-refractivity contribution in [3.8, 4) is 11.5 Å². The highest BCUT2D eigenvalue weighted by atomic mass is 32.1. The minimum absolute atomic E-state index is 0.0131. The fourth-order valence-electron chi connectivity index (χ4n) is 2.86. The van der Waals surface area contributed by atoms with Crippen molar-refractivity contribution in [2.75, 3.05) is 6.54 Å². The zero-order chi connectivity index (χ0) is 18.1. The molecular weight excluding hydrogens is 352 g/mol. The van der Waals surface area contributed by atoms with Crippen molar-refractivity contribution in [2.24, 2.45) is 5.41 Å². The number of aromatic nitrogens is 5. The molecule has 1 saturated carbocycles. The Morgan fingerprint density at radius 1 is 1.46 bits per heavy atom. The molecule has 134 valence electrons. The van der Waals surface area contributed by atoms with E-state index < -0.39 is 11.5 Å². The largest absolute Gasteiger partial charge is 0.351 e. The summed E-state index contributed by atoms with van der Waals surface area (Å²) in [6.45, 7) is 3.21. The van der Waals surface area contributed by atoms with Crippen LogP contribution < -0.4 is 10.9 Å². The number of hydrogen-bond donors (Lipinski definition) is 2. The van der Waals surface area contributed by atoms with Gasteiger partial charge in [-0.1, -0.05) is 0 Å². The maximum Gasteiger partial charge on any atom is 0.264 e. The molecule has 3 heterocycles. The molecule has 0 aromatic carbocycles. The van der Waals surface area contributed by atoms with E-state index in [0.717, 1.165) is 24.4 Å². The molecule has 0 bridgehead atoms. The van der Waals surface area contributed by atoms with E-state index in [0.29, 0.717) is 18.1 Å². The molecule has 0 unspecified atom stereocenters. The summed E-state index contributed by atoms with van der Waals surface area (Å²) in [7, 11) is 0. The molecule has 3 aromatic heterocycles. The highest BCUT2D eigenvalue weighted by Crippen LogP contribution is 2.46. The van der Waals surface area contributed by atoms with Gasteiger partial charge >= 0.3 is 0 Å². The van der Waals surface area contributed by atoms with Gasteiger partial charge in [-0.2, -0.15) is 0 Å². The molecule has 1 aliphatic rings. The van der Waals surface area contributed by atoms with Crippen LogP contribution in [0.3, 0.4) is 0 Å². The van der Waals surface area contributed by atoms with E-state index in [-0.39, 0.29) is 11.0 Å². The van der Waals surface area contributed by atoms with E-state index in [1.54, 1.807) is 12.5 Å². The smallest absolute Gasteiger partial charge is 0.264 e. The first-order valence-electron chi connectivity index (χ1n) is 8.30. The van der Waals surface area contributed by atoms with Crippen LogP contribution in [0.2, 0.25) is 0 Å². The number of thiazole rings is 1. The standard InChI is InChI=1S/C17H18N6O2S/c1-11-21-13(7-26-11)14-19-6-12(16(25)22-14)15(24)20-8-17(2-3-17)9-23-5-4-18-10-23/h4-7,10H,2-3,8-9H2,1H3,(H,20,24)(H,19,22,25). The number of nitrogens with zero attached hydrogens (tertiary/aromatic N) is 4. The summed E-state index contributed by atoms with van der Waals surface area (Å²) >= 11 is 1.48. The number of hydrogen-bond acceptors (Lipinski definition) is 6. The van der Waals surface area contributed by atoms with Gasteiger partial charge in [-0.05, 0) is 19.8 Å². The lowest BCUT2D eigenvalue weighted by Gasteiger charge is -2.16. The second-order valence-corrected chi connectivity index (χ2v) is 7.71. The second-order valence-electron chi connectivity index (χ2n) is 6.64. The van der Waals surface area contributed by atoms with Crippen molar-refractivity contribution < 1.29 is 4.79 Å². The number of imidazole rings is 1. The summed E-state index contributed by atoms with van der Waals surface area (Å²) in [5.41, 5.74) is 0.208. The molecular formula is C17H18N6O2S. The van der Waals surface area contributed by atoms with E-state index in [4.69, 9.17) is 0 Å². The maximum absolute atomic E-state index is 12.4. The van der Waals surface area contributed by atoms with Crippen molar-refractivity contribution in [1.29, 1.82) is 0 Å². The molecule has 1 fully saturated rings. The molecule has 1 amide bonds. The van der Waals surface area contributed by atoms with Crippen LogP contribution in [-0.2, 0) is 6.54 Å². The lowest BCUT2D eigenvalue weighted by atomic mass is 10.1. The van der Waals surface area contributed by atoms with E-state index in [1.165, 1.54) is 17.5 Å². The van der Waals surface area contributed by atoms with Gasteiger partial charge in [-0.15, -0.1) is 11.3 Å². The minimum atomic E-state index is -0.461. The normalized spacial score (nSPS) is 15.0. The highest BCUT2D eigenvalue weighted by Gasteiger charge is 2.43. The van der Waals surface area contributed by atoms with Gasteiger partial charge < -0.3 is 14.9 Å². The average Bonchev–Trinajstić information content (AvgIpc) is 2.99. The van der Waals surface area contributed by atoms with Gasteiger partial charge in [-0.3, -0.25) is 9.59 Å². The Morgan fingerprint density at radius 2 is 2.31 bits per heavy atom. The zero-order valence-corrected chi connectivity index (χ0v) is 15.0. The molecule has 0 spiro atoms. The summed E-state index contributed by atoms with van der Waals surface area (Å²) in [5.74, 6) is -0.0358. The highest BCUT2D eigenvalue weighted by molar-refractivity contribution is 7.09. The number of H-pyrrole nitrogens is 1. The molecule has 0 aliphatic heterocycles. The number of carbonyl (C=O) groups excluding carboxylic acids is 1. The average molecular weight is 370 g/mol. The summed E-state index contributed by atoms with van der Waals surface area (Å²) in [5, 5.41) is 5.58. The monoisotopic (exact) mass is 370 g/mol. The number of carbonyl (C=O) groups is 1. The van der Waals surface area contributed by atoms with Gasteiger partial charge in [0.2, 0.25) is 0 Å². The molecule has 0 radical (unpaired) electrons. The van der Waals surface area contributed by atoms with Crippen molar-refractivity contribution in [3.63, 3.8) is 0 Å². The molecule has 3 aromatic rings. The Hall–Kier alpha value is -2.81. The van der Waals surface area contributed by atoms with Crippen LogP contribution in [0.5, 0.6) is 0 Å². The van der Waals surface area contributed by atoms with Crippen LogP contribution in [-0.4, -0.2) is 37.0 Å². The molecule has 1 aliphatic carbocycles. The van der Waals surface area contributed by atoms with Gasteiger partial charge in [0.15, 0.2) is 5.82 Å². The van der Waals surface area contributed by atoms with Crippen LogP contribution in [0.4, 0.5) is 0 Å². The summed E-state index contributed by atoms with van der Waals surface area (Å²) in [6.07, 6.45) is 8.83. The van der Waals surface area contributed by atoms with Gasteiger partial charge in [0.25, 0.3) is 11.5 Å². The number of aryl methyl sites for hydroxylation is 1. The Bertz CT molecular complexity index is 987. The van der Waals surface area contributed by atoms with Gasteiger partial charge in [-0.25, -0.2) is 15.0 Å². The summed E-state index contributed by atoms with van der Waals surface area (Å²) in [6, 6.07) is 0. The first-order chi connectivity index (χ1) is 12.5. The second kappa shape index (κ2) is 6.49. The fourth-order valence-corrected chi connectivity index (χ4v) is 3.45. The summed E-state index contributed by atoms with van der Waals surface area (Å²) in [4.78, 5) is 39.8. The lowest BCUT2D eigenvalue weighted by Crippen LogP contribution is -2.35. The number of rotatable bonds is 6. The van der Waals surface area contributed by atoms with Gasteiger partial charge in [0, 0.05) is 42.5 Å². The Balaban J connectivity index is 1.43. The molecule has 9 heteroatoms. The third-order valence-corrected chi connectivity index (χ3v) is 5.34. The third-order valence-electron chi connectivity index (χ3n) is 4.56. The maximum atomic E-state index is 12.4. The molecule has 0 saturated heterocycles. The van der Waals surface area contributed by atoms with E-state index in [2.05, 4.69) is 25.3 Å². The lowest BCUT2D eigenvalue weighted by molar-refractivity contribution is 0.0941. The topological polar surface area (TPSA) is 106 Å². The van der Waals surface area contributed by atoms with Gasteiger partial charge in [0.05, 0.1) is 11.3 Å². The van der Waals surface area contributed by atoms with Crippen LogP contribution in [0.1, 0.15) is 28.2 Å². The third kappa shape index (κ3) is 3.43. The molecule has 8 nitrogen and oxygen atoms in total. The first-order valence-corrected chi connectivity index (χ1v) is 9.18. The minimum Gasteiger partial charge on any atom is -0.351 e. The zero-order valence-electron chi connectivity index (χ0n) is 14.2. The number of nitrogens with one attached hydrogen (secondary N) is 2. The Kier molecular flexibility index (Phi) is 4.15. The quantitative estimate of drug-likeness (QED) is 0.686. The summed E-state index contributed by atoms with van der Waals surface area (Å²) < 4.78 is 2.01. The van der Waals surface area contributed by atoms with E-state index in [1.807, 2.05) is 23.1 Å². The molecule has 4 rings (SSSR count). The predicted molar refractivity (Wildman–Crippen MR) is 96.9 cm³/mol. The van der Waals surface area contributed by atoms with Gasteiger partial charge in [0.1, 0.15) is 11.3 Å². The number of amides is 1. The van der Waals surface area contributed by atoms with Crippen molar-refractivity contribution in [3.05, 3.63) is 51.2 Å². The van der Waals surface area contributed by atoms with E-state index >= 15 is 0 Å². The van der Waals surface area contributed by atoms with Crippen molar-refractivity contribution >= 4 is 17.2 Å². The van der Waals surface area contributed by atoms with E-state index in [9.17, 15) is 9.59 Å². The van der Waals surface area contributed by atoms with Crippen molar-refractivity contribution in [2.45, 2.75) is 26.3 Å². The molecule has 26 heavy (non-hydrogen) atoms.